The Morgan fingerprint density at radius 1 is 1.10 bits per heavy atom. The highest BCUT2D eigenvalue weighted by atomic mass is 32.2. The summed E-state index contributed by atoms with van der Waals surface area (Å²) in [5.74, 6) is 0.944. The Bertz CT molecular complexity index is 968. The summed E-state index contributed by atoms with van der Waals surface area (Å²) in [6, 6.07) is 15.7. The molecule has 9 heteroatoms. The number of amides is 1. The number of carbonyl (C=O) groups is 1. The number of thioether (sulfide) groups is 1. The number of methoxy groups -OCH3 is 1. The highest BCUT2D eigenvalue weighted by Gasteiger charge is 2.13. The van der Waals surface area contributed by atoms with Gasteiger partial charge in [0.25, 0.3) is 0 Å². The van der Waals surface area contributed by atoms with Gasteiger partial charge in [-0.15, -0.1) is 5.10 Å². The van der Waals surface area contributed by atoms with E-state index in [0.717, 1.165) is 30.1 Å². The van der Waals surface area contributed by atoms with Gasteiger partial charge in [0.05, 0.1) is 19.4 Å². The summed E-state index contributed by atoms with van der Waals surface area (Å²) in [5, 5.41) is 15.3. The number of benzene rings is 2. The summed E-state index contributed by atoms with van der Waals surface area (Å²) in [7, 11) is 1.64. The molecule has 2 heterocycles. The van der Waals surface area contributed by atoms with E-state index in [2.05, 4.69) is 37.9 Å². The quantitative estimate of drug-likeness (QED) is 0.556. The van der Waals surface area contributed by atoms with Gasteiger partial charge in [-0.3, -0.25) is 4.79 Å². The fraction of sp³-hybridized carbons (Fsp3) is 0.333. The summed E-state index contributed by atoms with van der Waals surface area (Å²) in [6.45, 7) is 2.74. The number of rotatable bonds is 8. The second-order valence-corrected chi connectivity index (χ2v) is 7.99. The SMILES string of the molecule is COc1ccc(Cn2nnnc2SCC(=O)Nc2ccc(N3CCCC3)cc2)cc1. The maximum absolute atomic E-state index is 12.4. The molecule has 0 spiro atoms. The average molecular weight is 425 g/mol. The molecule has 1 fully saturated rings. The van der Waals surface area contributed by atoms with Gasteiger partial charge in [-0.25, -0.2) is 4.68 Å². The van der Waals surface area contributed by atoms with E-state index in [0.29, 0.717) is 11.7 Å². The van der Waals surface area contributed by atoms with Gasteiger partial charge < -0.3 is 15.0 Å². The third kappa shape index (κ3) is 5.10. The summed E-state index contributed by atoms with van der Waals surface area (Å²) in [6.07, 6.45) is 2.49. The monoisotopic (exact) mass is 424 g/mol. The van der Waals surface area contributed by atoms with Gasteiger partial charge >= 0.3 is 0 Å². The Hall–Kier alpha value is -3.07. The van der Waals surface area contributed by atoms with Crippen molar-refractivity contribution >= 4 is 29.0 Å². The van der Waals surface area contributed by atoms with Crippen LogP contribution in [0.2, 0.25) is 0 Å². The summed E-state index contributed by atoms with van der Waals surface area (Å²) in [4.78, 5) is 14.7. The lowest BCUT2D eigenvalue weighted by atomic mass is 10.2. The number of carbonyl (C=O) groups excluding carboxylic acids is 1. The molecule has 0 atom stereocenters. The Morgan fingerprint density at radius 2 is 1.83 bits per heavy atom. The number of hydrogen-bond acceptors (Lipinski definition) is 7. The summed E-state index contributed by atoms with van der Waals surface area (Å²) in [5.41, 5.74) is 3.05. The van der Waals surface area contributed by atoms with Crippen LogP contribution >= 0.6 is 11.8 Å². The van der Waals surface area contributed by atoms with Crippen LogP contribution < -0.4 is 15.0 Å². The topological polar surface area (TPSA) is 85.2 Å². The molecular formula is C21H24N6O2S. The molecule has 1 aromatic heterocycles. The zero-order chi connectivity index (χ0) is 20.8. The minimum absolute atomic E-state index is 0.0899. The van der Waals surface area contributed by atoms with Crippen molar-refractivity contribution in [1.29, 1.82) is 0 Å². The number of nitrogens with zero attached hydrogens (tertiary/aromatic N) is 5. The first-order valence-corrected chi connectivity index (χ1v) is 10.9. The number of anilines is 2. The average Bonchev–Trinajstić information content (AvgIpc) is 3.46. The van der Waals surface area contributed by atoms with Gasteiger partial charge in [-0.2, -0.15) is 0 Å². The van der Waals surface area contributed by atoms with Crippen molar-refractivity contribution in [3.63, 3.8) is 0 Å². The molecule has 1 saturated heterocycles. The zero-order valence-electron chi connectivity index (χ0n) is 16.8. The van der Waals surface area contributed by atoms with E-state index >= 15 is 0 Å². The molecule has 156 valence electrons. The predicted octanol–water partition coefficient (Wildman–Crippen LogP) is 3.06. The van der Waals surface area contributed by atoms with Crippen LogP contribution in [0, 0.1) is 0 Å². The molecular weight excluding hydrogens is 400 g/mol. The maximum atomic E-state index is 12.4. The molecule has 1 N–H and O–H groups in total. The molecule has 4 rings (SSSR count). The number of nitrogens with one attached hydrogen (secondary N) is 1. The second kappa shape index (κ2) is 9.62. The van der Waals surface area contributed by atoms with Gasteiger partial charge in [0.1, 0.15) is 5.75 Å². The molecule has 1 aliphatic rings. The molecule has 0 aliphatic carbocycles. The standard InChI is InChI=1S/C21H24N6O2S/c1-29-19-10-4-16(5-11-19)14-27-21(23-24-25-27)30-15-20(28)22-17-6-8-18(9-7-17)26-12-2-3-13-26/h4-11H,2-3,12-15H2,1H3,(H,22,28). The largest absolute Gasteiger partial charge is 0.497 e. The van der Waals surface area contributed by atoms with Crippen LogP contribution in [0.5, 0.6) is 5.75 Å². The summed E-state index contributed by atoms with van der Waals surface area (Å²) >= 11 is 1.31. The number of hydrogen-bond donors (Lipinski definition) is 1. The Balaban J connectivity index is 1.29. The maximum Gasteiger partial charge on any atom is 0.234 e. The Morgan fingerprint density at radius 3 is 2.53 bits per heavy atom. The fourth-order valence-electron chi connectivity index (χ4n) is 3.36. The zero-order valence-corrected chi connectivity index (χ0v) is 17.6. The fourth-order valence-corrected chi connectivity index (χ4v) is 4.04. The highest BCUT2D eigenvalue weighted by Crippen LogP contribution is 2.22. The van der Waals surface area contributed by atoms with Crippen molar-refractivity contribution in [2.24, 2.45) is 0 Å². The molecule has 2 aromatic carbocycles. The van der Waals surface area contributed by atoms with Crippen LogP contribution in [0.25, 0.3) is 0 Å². The van der Waals surface area contributed by atoms with Gasteiger partial charge in [-0.1, -0.05) is 23.9 Å². The third-order valence-electron chi connectivity index (χ3n) is 4.95. The molecule has 1 amide bonds. The lowest BCUT2D eigenvalue weighted by Crippen LogP contribution is -2.18. The van der Waals surface area contributed by atoms with Crippen molar-refractivity contribution in [3.05, 3.63) is 54.1 Å². The Labute approximate surface area is 179 Å². The van der Waals surface area contributed by atoms with E-state index in [4.69, 9.17) is 4.74 Å². The van der Waals surface area contributed by atoms with Crippen LogP contribution in [0.1, 0.15) is 18.4 Å². The molecule has 0 bridgehead atoms. The minimum Gasteiger partial charge on any atom is -0.497 e. The third-order valence-corrected chi connectivity index (χ3v) is 5.90. The number of aromatic nitrogens is 4. The first kappa shape index (κ1) is 20.2. The van der Waals surface area contributed by atoms with E-state index in [1.807, 2.05) is 36.4 Å². The van der Waals surface area contributed by atoms with Crippen molar-refractivity contribution in [2.45, 2.75) is 24.5 Å². The molecule has 8 nitrogen and oxygen atoms in total. The molecule has 0 unspecified atom stereocenters. The normalized spacial score (nSPS) is 13.4. The second-order valence-electron chi connectivity index (χ2n) is 7.05. The van der Waals surface area contributed by atoms with Crippen LogP contribution in [-0.4, -0.2) is 52.1 Å². The molecule has 30 heavy (non-hydrogen) atoms. The van der Waals surface area contributed by atoms with Crippen molar-refractivity contribution in [1.82, 2.24) is 20.2 Å². The van der Waals surface area contributed by atoms with E-state index in [1.54, 1.807) is 11.8 Å². The molecule has 1 aliphatic heterocycles. The van der Waals surface area contributed by atoms with Gasteiger partial charge in [0.15, 0.2) is 0 Å². The first-order valence-electron chi connectivity index (χ1n) is 9.88. The first-order chi connectivity index (χ1) is 14.7. The number of tetrazole rings is 1. The van der Waals surface area contributed by atoms with E-state index < -0.39 is 0 Å². The van der Waals surface area contributed by atoms with Crippen molar-refractivity contribution in [2.75, 3.05) is 36.2 Å². The predicted molar refractivity (Wildman–Crippen MR) is 117 cm³/mol. The van der Waals surface area contributed by atoms with Crippen LogP contribution in [0.15, 0.2) is 53.7 Å². The van der Waals surface area contributed by atoms with Crippen LogP contribution in [-0.2, 0) is 11.3 Å². The smallest absolute Gasteiger partial charge is 0.234 e. The van der Waals surface area contributed by atoms with Crippen molar-refractivity contribution in [3.8, 4) is 5.75 Å². The molecule has 0 radical (unpaired) electrons. The number of ether oxygens (including phenoxy) is 1. The van der Waals surface area contributed by atoms with Gasteiger partial charge in [-0.05, 0) is 65.2 Å². The summed E-state index contributed by atoms with van der Waals surface area (Å²) < 4.78 is 6.86. The molecule has 3 aromatic rings. The van der Waals surface area contributed by atoms with Crippen molar-refractivity contribution < 1.29 is 9.53 Å². The highest BCUT2D eigenvalue weighted by molar-refractivity contribution is 7.99. The lowest BCUT2D eigenvalue weighted by Gasteiger charge is -2.17. The minimum atomic E-state index is -0.0899. The van der Waals surface area contributed by atoms with E-state index in [9.17, 15) is 4.79 Å². The van der Waals surface area contributed by atoms with Gasteiger partial charge in [0, 0.05) is 24.5 Å². The lowest BCUT2D eigenvalue weighted by molar-refractivity contribution is -0.113. The van der Waals surface area contributed by atoms with E-state index in [1.165, 1.54) is 30.3 Å². The van der Waals surface area contributed by atoms with Crippen LogP contribution in [0.4, 0.5) is 11.4 Å². The Kier molecular flexibility index (Phi) is 6.48. The molecule has 0 saturated carbocycles. The van der Waals surface area contributed by atoms with Gasteiger partial charge in [0.2, 0.25) is 11.1 Å². The van der Waals surface area contributed by atoms with E-state index in [-0.39, 0.29) is 11.7 Å². The van der Waals surface area contributed by atoms with Crippen LogP contribution in [0.3, 0.4) is 0 Å².